The molecule has 2 aromatic carbocycles. The third kappa shape index (κ3) is 5.65. The molecular weight excluding hydrogens is 386 g/mol. The lowest BCUT2D eigenvalue weighted by Crippen LogP contribution is -3.04. The quantitative estimate of drug-likeness (QED) is 0.718. The van der Waals surface area contributed by atoms with E-state index in [2.05, 4.69) is 31.5 Å². The third-order valence-corrected chi connectivity index (χ3v) is 6.98. The zero-order chi connectivity index (χ0) is 20.9. The van der Waals surface area contributed by atoms with Gasteiger partial charge in [-0.1, -0.05) is 36.8 Å². The minimum absolute atomic E-state index is 0.183. The van der Waals surface area contributed by atoms with Gasteiger partial charge in [-0.05, 0) is 36.6 Å². The van der Waals surface area contributed by atoms with Crippen molar-refractivity contribution in [3.05, 3.63) is 65.2 Å². The maximum Gasteiger partial charge on any atom is 0.251 e. The molecule has 0 aromatic heterocycles. The first-order chi connectivity index (χ1) is 13.9. The van der Waals surface area contributed by atoms with E-state index in [1.54, 1.807) is 18.2 Å². The van der Waals surface area contributed by atoms with Crippen LogP contribution in [0.1, 0.15) is 40.7 Å². The minimum Gasteiger partial charge on any atom is -0.348 e. The van der Waals surface area contributed by atoms with Crippen molar-refractivity contribution in [1.82, 2.24) is 9.62 Å². The summed E-state index contributed by atoms with van der Waals surface area (Å²) in [6.07, 6.45) is 2.83. The van der Waals surface area contributed by atoms with Gasteiger partial charge in [0.15, 0.2) is 0 Å². The molecule has 3 rings (SSSR count). The number of quaternary nitrogens is 1. The SMILES string of the molecule is C[NH+](C)Cc1ccc(CNC(=O)c2cccc(S(=O)(=O)N3CCCCC3)c2)cc1. The average molecular weight is 417 g/mol. The van der Waals surface area contributed by atoms with Gasteiger partial charge in [0.25, 0.3) is 5.91 Å². The van der Waals surface area contributed by atoms with Crippen LogP contribution in [0.25, 0.3) is 0 Å². The van der Waals surface area contributed by atoms with Gasteiger partial charge in [-0.2, -0.15) is 4.31 Å². The van der Waals surface area contributed by atoms with Crippen LogP contribution in [0, 0.1) is 0 Å². The van der Waals surface area contributed by atoms with Gasteiger partial charge in [0, 0.05) is 30.8 Å². The Morgan fingerprint density at radius 2 is 1.66 bits per heavy atom. The molecular formula is C22H30N3O3S+. The molecule has 2 aromatic rings. The molecule has 6 nitrogen and oxygen atoms in total. The van der Waals surface area contributed by atoms with E-state index in [9.17, 15) is 13.2 Å². The van der Waals surface area contributed by atoms with Gasteiger partial charge in [-0.3, -0.25) is 4.79 Å². The van der Waals surface area contributed by atoms with E-state index < -0.39 is 10.0 Å². The first-order valence-corrected chi connectivity index (χ1v) is 11.6. The van der Waals surface area contributed by atoms with E-state index in [0.29, 0.717) is 25.2 Å². The molecule has 1 aliphatic rings. The highest BCUT2D eigenvalue weighted by atomic mass is 32.2. The highest BCUT2D eigenvalue weighted by Crippen LogP contribution is 2.21. The van der Waals surface area contributed by atoms with Crippen LogP contribution in [0.5, 0.6) is 0 Å². The van der Waals surface area contributed by atoms with Gasteiger partial charge >= 0.3 is 0 Å². The molecule has 0 spiro atoms. The summed E-state index contributed by atoms with van der Waals surface area (Å²) in [5.74, 6) is -0.275. The summed E-state index contributed by atoms with van der Waals surface area (Å²) < 4.78 is 27.2. The molecule has 0 atom stereocenters. The molecule has 1 heterocycles. The normalized spacial score (nSPS) is 15.4. The second kappa shape index (κ2) is 9.52. The van der Waals surface area contributed by atoms with Crippen molar-refractivity contribution >= 4 is 15.9 Å². The average Bonchev–Trinajstić information content (AvgIpc) is 2.73. The first-order valence-electron chi connectivity index (χ1n) is 10.1. The second-order valence-corrected chi connectivity index (χ2v) is 9.81. The maximum absolute atomic E-state index is 12.8. The Labute approximate surface area is 173 Å². The Morgan fingerprint density at radius 1 is 1.00 bits per heavy atom. The molecule has 0 aliphatic carbocycles. The number of hydrogen-bond donors (Lipinski definition) is 2. The molecule has 1 fully saturated rings. The van der Waals surface area contributed by atoms with Gasteiger partial charge < -0.3 is 10.2 Å². The highest BCUT2D eigenvalue weighted by molar-refractivity contribution is 7.89. The molecule has 7 heteroatoms. The molecule has 0 unspecified atom stereocenters. The fourth-order valence-electron chi connectivity index (χ4n) is 3.52. The van der Waals surface area contributed by atoms with Crippen LogP contribution in [0.15, 0.2) is 53.4 Å². The van der Waals surface area contributed by atoms with Crippen molar-refractivity contribution in [2.24, 2.45) is 0 Å². The second-order valence-electron chi connectivity index (χ2n) is 7.88. The molecule has 156 valence electrons. The Kier molecular flexibility index (Phi) is 7.05. The number of sulfonamides is 1. The number of nitrogens with zero attached hydrogens (tertiary/aromatic N) is 1. The molecule has 1 aliphatic heterocycles. The maximum atomic E-state index is 12.8. The number of amides is 1. The number of carbonyl (C=O) groups is 1. The van der Waals surface area contributed by atoms with Crippen LogP contribution in [0.2, 0.25) is 0 Å². The lowest BCUT2D eigenvalue weighted by molar-refractivity contribution is -0.872. The summed E-state index contributed by atoms with van der Waals surface area (Å²) in [5, 5.41) is 2.88. The summed E-state index contributed by atoms with van der Waals surface area (Å²) in [7, 11) is 0.661. The minimum atomic E-state index is -3.55. The summed E-state index contributed by atoms with van der Waals surface area (Å²) in [6.45, 7) is 2.44. The van der Waals surface area contributed by atoms with E-state index in [-0.39, 0.29) is 10.8 Å². The Bertz CT molecular complexity index is 934. The van der Waals surface area contributed by atoms with E-state index in [1.807, 2.05) is 12.1 Å². The van der Waals surface area contributed by atoms with Gasteiger partial charge in [-0.25, -0.2) is 8.42 Å². The largest absolute Gasteiger partial charge is 0.348 e. The van der Waals surface area contributed by atoms with Crippen molar-refractivity contribution in [3.63, 3.8) is 0 Å². The van der Waals surface area contributed by atoms with Gasteiger partial charge in [0.2, 0.25) is 10.0 Å². The highest BCUT2D eigenvalue weighted by Gasteiger charge is 2.26. The summed E-state index contributed by atoms with van der Waals surface area (Å²) in [6, 6.07) is 14.5. The molecule has 0 bridgehead atoms. The van der Waals surface area contributed by atoms with Gasteiger partial charge in [0.1, 0.15) is 6.54 Å². The van der Waals surface area contributed by atoms with Crippen LogP contribution >= 0.6 is 0 Å². The standard InChI is InChI=1S/C22H29N3O3S/c1-24(2)17-19-11-9-18(10-12-19)16-23-22(26)20-7-6-8-21(15-20)29(27,28)25-13-4-3-5-14-25/h6-12,15H,3-5,13-14,16-17H2,1-2H3,(H,23,26)/p+1. The predicted octanol–water partition coefficient (Wildman–Crippen LogP) is 1.44. The van der Waals surface area contributed by atoms with Gasteiger partial charge in [-0.15, -0.1) is 0 Å². The lowest BCUT2D eigenvalue weighted by Gasteiger charge is -2.26. The van der Waals surface area contributed by atoms with Crippen LogP contribution in [-0.2, 0) is 23.1 Å². The topological polar surface area (TPSA) is 70.9 Å². The Morgan fingerprint density at radius 3 is 2.31 bits per heavy atom. The number of benzene rings is 2. The van der Waals surface area contributed by atoms with Crippen molar-refractivity contribution in [3.8, 4) is 0 Å². The Hall–Kier alpha value is -2.22. The molecule has 1 saturated heterocycles. The van der Waals surface area contributed by atoms with Crippen LogP contribution in [0.4, 0.5) is 0 Å². The molecule has 0 saturated carbocycles. The fourth-order valence-corrected chi connectivity index (χ4v) is 5.08. The van der Waals surface area contributed by atoms with Gasteiger partial charge in [0.05, 0.1) is 19.0 Å². The van der Waals surface area contributed by atoms with E-state index in [4.69, 9.17) is 0 Å². The van der Waals surface area contributed by atoms with Crippen molar-refractivity contribution in [1.29, 1.82) is 0 Å². The fraction of sp³-hybridized carbons (Fsp3) is 0.409. The first kappa shape index (κ1) is 21.5. The molecule has 1 amide bonds. The summed E-state index contributed by atoms with van der Waals surface area (Å²) in [4.78, 5) is 14.1. The zero-order valence-electron chi connectivity index (χ0n) is 17.1. The van der Waals surface area contributed by atoms with E-state index in [1.165, 1.54) is 20.8 Å². The molecule has 29 heavy (non-hydrogen) atoms. The zero-order valence-corrected chi connectivity index (χ0v) is 18.0. The summed E-state index contributed by atoms with van der Waals surface area (Å²) in [5.41, 5.74) is 2.61. The summed E-state index contributed by atoms with van der Waals surface area (Å²) >= 11 is 0. The van der Waals surface area contributed by atoms with E-state index >= 15 is 0 Å². The number of piperidine rings is 1. The number of carbonyl (C=O) groups excluding carboxylic acids is 1. The monoisotopic (exact) mass is 416 g/mol. The number of nitrogens with one attached hydrogen (secondary N) is 2. The van der Waals surface area contributed by atoms with Crippen molar-refractivity contribution < 1.29 is 18.1 Å². The van der Waals surface area contributed by atoms with Crippen LogP contribution < -0.4 is 10.2 Å². The van der Waals surface area contributed by atoms with Crippen LogP contribution in [0.3, 0.4) is 0 Å². The third-order valence-electron chi connectivity index (χ3n) is 5.08. The predicted molar refractivity (Wildman–Crippen MR) is 113 cm³/mol. The number of hydrogen-bond acceptors (Lipinski definition) is 3. The van der Waals surface area contributed by atoms with Crippen molar-refractivity contribution in [2.45, 2.75) is 37.2 Å². The number of rotatable bonds is 7. The smallest absolute Gasteiger partial charge is 0.251 e. The molecule has 0 radical (unpaired) electrons. The lowest BCUT2D eigenvalue weighted by atomic mass is 10.1. The van der Waals surface area contributed by atoms with E-state index in [0.717, 1.165) is 31.4 Å². The van der Waals surface area contributed by atoms with Crippen molar-refractivity contribution in [2.75, 3.05) is 27.2 Å². The van der Waals surface area contributed by atoms with Crippen LogP contribution in [-0.4, -0.2) is 45.8 Å². The Balaban J connectivity index is 1.65. The molecule has 2 N–H and O–H groups in total.